The van der Waals surface area contributed by atoms with Gasteiger partial charge in [0, 0.05) is 13.2 Å². The van der Waals surface area contributed by atoms with Crippen LogP contribution < -0.4 is 5.32 Å². The van der Waals surface area contributed by atoms with E-state index in [-0.39, 0.29) is 0 Å². The van der Waals surface area contributed by atoms with Crippen LogP contribution in [0.1, 0.15) is 32.1 Å². The van der Waals surface area contributed by atoms with E-state index in [1.165, 1.54) is 38.6 Å². The minimum absolute atomic E-state index is 0.513. The van der Waals surface area contributed by atoms with Crippen LogP contribution in [0.3, 0.4) is 0 Å². The lowest BCUT2D eigenvalue weighted by Crippen LogP contribution is -2.36. The second-order valence-electron chi connectivity index (χ2n) is 4.10. The summed E-state index contributed by atoms with van der Waals surface area (Å²) in [5.74, 6) is 0.895. The van der Waals surface area contributed by atoms with Gasteiger partial charge in [0.2, 0.25) is 0 Å². The van der Waals surface area contributed by atoms with Crippen LogP contribution >= 0.6 is 0 Å². The molecule has 2 heteroatoms. The number of ether oxygens (including phenoxy) is 1. The molecule has 1 saturated heterocycles. The van der Waals surface area contributed by atoms with Crippen molar-refractivity contribution in [2.75, 3.05) is 19.7 Å². The van der Waals surface area contributed by atoms with Gasteiger partial charge in [0.25, 0.3) is 0 Å². The van der Waals surface area contributed by atoms with E-state index in [2.05, 4.69) is 5.32 Å². The molecule has 0 spiro atoms. The van der Waals surface area contributed by atoms with E-state index in [1.54, 1.807) is 0 Å². The Labute approximate surface area is 74.7 Å². The van der Waals surface area contributed by atoms with Gasteiger partial charge in [-0.25, -0.2) is 0 Å². The average Bonchev–Trinajstić information content (AvgIpc) is 2.04. The molecule has 2 nitrogen and oxygen atoms in total. The molecule has 1 atom stereocenters. The third-order valence-electron chi connectivity index (χ3n) is 3.04. The first-order valence-corrected chi connectivity index (χ1v) is 5.27. The topological polar surface area (TPSA) is 21.3 Å². The number of hydrogen-bond acceptors (Lipinski definition) is 2. The minimum atomic E-state index is 0.513. The van der Waals surface area contributed by atoms with Crippen LogP contribution in [0.4, 0.5) is 0 Å². The van der Waals surface area contributed by atoms with Crippen molar-refractivity contribution < 1.29 is 4.74 Å². The van der Waals surface area contributed by atoms with Crippen molar-refractivity contribution in [2.45, 2.75) is 38.2 Å². The fourth-order valence-electron chi connectivity index (χ4n) is 1.89. The first-order chi connectivity index (χ1) is 5.95. The lowest BCUT2D eigenvalue weighted by atomic mass is 9.86. The zero-order valence-electron chi connectivity index (χ0n) is 7.72. The summed E-state index contributed by atoms with van der Waals surface area (Å²) >= 11 is 0. The maximum Gasteiger partial charge on any atom is 0.0700 e. The maximum atomic E-state index is 5.82. The lowest BCUT2D eigenvalue weighted by Gasteiger charge is -2.29. The van der Waals surface area contributed by atoms with Gasteiger partial charge in [-0.1, -0.05) is 6.42 Å². The van der Waals surface area contributed by atoms with Crippen LogP contribution in [0, 0.1) is 5.92 Å². The van der Waals surface area contributed by atoms with Crippen molar-refractivity contribution >= 4 is 0 Å². The SMILES string of the molecule is C1CC(CO[C@@H]2CCCNC2)C1. The van der Waals surface area contributed by atoms with Crippen molar-refractivity contribution in [3.8, 4) is 0 Å². The molecular formula is C10H19NO. The highest BCUT2D eigenvalue weighted by Crippen LogP contribution is 2.26. The summed E-state index contributed by atoms with van der Waals surface area (Å²) in [4.78, 5) is 0. The molecule has 1 N–H and O–H groups in total. The Morgan fingerprint density at radius 1 is 1.17 bits per heavy atom. The Morgan fingerprint density at radius 2 is 2.08 bits per heavy atom. The predicted octanol–water partition coefficient (Wildman–Crippen LogP) is 1.56. The van der Waals surface area contributed by atoms with E-state index in [0.29, 0.717) is 6.10 Å². The number of nitrogens with one attached hydrogen (secondary N) is 1. The van der Waals surface area contributed by atoms with Crippen LogP contribution in [0.2, 0.25) is 0 Å². The first kappa shape index (κ1) is 8.52. The maximum absolute atomic E-state index is 5.82. The number of rotatable bonds is 3. The van der Waals surface area contributed by atoms with E-state index >= 15 is 0 Å². The average molecular weight is 169 g/mol. The van der Waals surface area contributed by atoms with Gasteiger partial charge in [0.05, 0.1) is 6.10 Å². The molecule has 0 radical (unpaired) electrons. The standard InChI is InChI=1S/C10H19NO/c1-3-9(4-1)8-12-10-5-2-6-11-7-10/h9-11H,1-8H2/t10-/m1/s1. The molecule has 12 heavy (non-hydrogen) atoms. The quantitative estimate of drug-likeness (QED) is 0.692. The molecule has 1 saturated carbocycles. The Bertz CT molecular complexity index is 128. The molecule has 1 aliphatic heterocycles. The zero-order valence-corrected chi connectivity index (χ0v) is 7.72. The molecule has 2 rings (SSSR count). The number of hydrogen-bond donors (Lipinski definition) is 1. The van der Waals surface area contributed by atoms with Gasteiger partial charge in [0.15, 0.2) is 0 Å². The van der Waals surface area contributed by atoms with Crippen molar-refractivity contribution in [1.29, 1.82) is 0 Å². The Balaban J connectivity index is 1.58. The van der Waals surface area contributed by atoms with Crippen LogP contribution in [0.5, 0.6) is 0 Å². The third kappa shape index (κ3) is 2.20. The van der Waals surface area contributed by atoms with Gasteiger partial charge in [0.1, 0.15) is 0 Å². The molecule has 0 unspecified atom stereocenters. The Morgan fingerprint density at radius 3 is 2.67 bits per heavy atom. The lowest BCUT2D eigenvalue weighted by molar-refractivity contribution is -0.000508. The monoisotopic (exact) mass is 169 g/mol. The van der Waals surface area contributed by atoms with Gasteiger partial charge in [-0.05, 0) is 38.1 Å². The Kier molecular flexibility index (Phi) is 3.01. The summed E-state index contributed by atoms with van der Waals surface area (Å²) < 4.78 is 5.82. The van der Waals surface area contributed by atoms with Crippen LogP contribution in [0.25, 0.3) is 0 Å². The molecule has 0 aromatic rings. The molecule has 2 aliphatic rings. The summed E-state index contributed by atoms with van der Waals surface area (Å²) in [6.07, 6.45) is 7.30. The van der Waals surface area contributed by atoms with E-state index in [0.717, 1.165) is 19.1 Å². The van der Waals surface area contributed by atoms with Gasteiger partial charge in [-0.3, -0.25) is 0 Å². The summed E-state index contributed by atoms with van der Waals surface area (Å²) in [6.45, 7) is 3.28. The molecule has 0 amide bonds. The highest BCUT2D eigenvalue weighted by molar-refractivity contribution is 4.72. The Hall–Kier alpha value is -0.0800. The fraction of sp³-hybridized carbons (Fsp3) is 1.00. The van der Waals surface area contributed by atoms with Crippen LogP contribution in [0.15, 0.2) is 0 Å². The summed E-state index contributed by atoms with van der Waals surface area (Å²) in [6, 6.07) is 0. The second kappa shape index (κ2) is 4.24. The fourth-order valence-corrected chi connectivity index (χ4v) is 1.89. The molecule has 1 heterocycles. The normalized spacial score (nSPS) is 31.5. The van der Waals surface area contributed by atoms with Crippen LogP contribution in [-0.4, -0.2) is 25.8 Å². The van der Waals surface area contributed by atoms with E-state index in [4.69, 9.17) is 4.74 Å². The van der Waals surface area contributed by atoms with Crippen molar-refractivity contribution in [1.82, 2.24) is 5.32 Å². The molecule has 1 aliphatic carbocycles. The van der Waals surface area contributed by atoms with Gasteiger partial charge in [-0.15, -0.1) is 0 Å². The second-order valence-corrected chi connectivity index (χ2v) is 4.10. The third-order valence-corrected chi connectivity index (χ3v) is 3.04. The minimum Gasteiger partial charge on any atom is -0.377 e. The van der Waals surface area contributed by atoms with Crippen molar-refractivity contribution in [3.63, 3.8) is 0 Å². The van der Waals surface area contributed by atoms with E-state index < -0.39 is 0 Å². The van der Waals surface area contributed by atoms with Gasteiger partial charge in [-0.2, -0.15) is 0 Å². The highest BCUT2D eigenvalue weighted by atomic mass is 16.5. The van der Waals surface area contributed by atoms with Crippen LogP contribution in [-0.2, 0) is 4.74 Å². The summed E-state index contributed by atoms with van der Waals surface area (Å²) in [5, 5.41) is 3.37. The molecule has 0 aromatic heterocycles. The molecule has 0 aromatic carbocycles. The smallest absolute Gasteiger partial charge is 0.0700 e. The first-order valence-electron chi connectivity index (χ1n) is 5.27. The molecule has 2 fully saturated rings. The largest absolute Gasteiger partial charge is 0.377 e. The summed E-state index contributed by atoms with van der Waals surface area (Å²) in [7, 11) is 0. The molecule has 70 valence electrons. The highest BCUT2D eigenvalue weighted by Gasteiger charge is 2.20. The molecular weight excluding hydrogens is 150 g/mol. The van der Waals surface area contributed by atoms with Crippen molar-refractivity contribution in [3.05, 3.63) is 0 Å². The van der Waals surface area contributed by atoms with E-state index in [1.807, 2.05) is 0 Å². The van der Waals surface area contributed by atoms with E-state index in [9.17, 15) is 0 Å². The molecule has 0 bridgehead atoms. The zero-order chi connectivity index (χ0) is 8.23. The van der Waals surface area contributed by atoms with Gasteiger partial charge < -0.3 is 10.1 Å². The summed E-state index contributed by atoms with van der Waals surface area (Å²) in [5.41, 5.74) is 0. The predicted molar refractivity (Wildman–Crippen MR) is 49.2 cm³/mol. The van der Waals surface area contributed by atoms with Crippen molar-refractivity contribution in [2.24, 2.45) is 5.92 Å². The van der Waals surface area contributed by atoms with Gasteiger partial charge >= 0.3 is 0 Å². The number of piperidine rings is 1.